The third-order valence-electron chi connectivity index (χ3n) is 3.08. The van der Waals surface area contributed by atoms with Crippen LogP contribution in [0.5, 0.6) is 0 Å². The van der Waals surface area contributed by atoms with Gasteiger partial charge >= 0.3 is 0 Å². The largest absolute Gasteiger partial charge is 0.271 e. The Hall–Kier alpha value is -2.42. The van der Waals surface area contributed by atoms with Crippen molar-refractivity contribution >= 4 is 12.1 Å². The summed E-state index contributed by atoms with van der Waals surface area (Å²) >= 11 is 0. The van der Waals surface area contributed by atoms with Gasteiger partial charge in [-0.2, -0.15) is 5.10 Å². The Morgan fingerprint density at radius 3 is 2.50 bits per heavy atom. The number of hydrogen-bond donors (Lipinski definition) is 1. The molecule has 2 rings (SSSR count). The standard InChI is InChI=1S/C17H18N2O/c1-12-5-4-6-15(10-12)17(20)19-18-11-16-8-7-13(2)9-14(16)3/h4-11H,1-3H3,(H,19,20). The van der Waals surface area contributed by atoms with Gasteiger partial charge in [0.15, 0.2) is 0 Å². The van der Waals surface area contributed by atoms with E-state index in [2.05, 4.69) is 16.6 Å². The normalized spacial score (nSPS) is 10.8. The number of hydrazone groups is 1. The molecule has 0 aliphatic rings. The van der Waals surface area contributed by atoms with Crippen molar-refractivity contribution in [1.82, 2.24) is 5.43 Å². The van der Waals surface area contributed by atoms with Gasteiger partial charge in [-0.05, 0) is 44.0 Å². The molecule has 0 heterocycles. The van der Waals surface area contributed by atoms with Gasteiger partial charge in [0.1, 0.15) is 0 Å². The molecule has 0 unspecified atom stereocenters. The highest BCUT2D eigenvalue weighted by molar-refractivity contribution is 5.95. The Morgan fingerprint density at radius 1 is 1.05 bits per heavy atom. The summed E-state index contributed by atoms with van der Waals surface area (Å²) in [5, 5.41) is 4.01. The zero-order chi connectivity index (χ0) is 14.5. The Balaban J connectivity index is 2.04. The number of nitrogens with one attached hydrogen (secondary N) is 1. The molecule has 0 saturated heterocycles. The first kappa shape index (κ1) is 14.0. The number of benzene rings is 2. The number of amides is 1. The highest BCUT2D eigenvalue weighted by atomic mass is 16.2. The van der Waals surface area contributed by atoms with E-state index >= 15 is 0 Å². The lowest BCUT2D eigenvalue weighted by molar-refractivity contribution is 0.0955. The van der Waals surface area contributed by atoms with E-state index in [1.165, 1.54) is 5.56 Å². The van der Waals surface area contributed by atoms with Gasteiger partial charge in [-0.25, -0.2) is 5.43 Å². The zero-order valence-electron chi connectivity index (χ0n) is 12.0. The number of rotatable bonds is 3. The van der Waals surface area contributed by atoms with Crippen LogP contribution in [-0.4, -0.2) is 12.1 Å². The summed E-state index contributed by atoms with van der Waals surface area (Å²) in [6, 6.07) is 13.5. The Labute approximate surface area is 119 Å². The molecule has 1 N–H and O–H groups in total. The third-order valence-corrected chi connectivity index (χ3v) is 3.08. The van der Waals surface area contributed by atoms with E-state index in [-0.39, 0.29) is 5.91 Å². The molecule has 0 aliphatic carbocycles. The number of carbonyl (C=O) groups is 1. The maximum absolute atomic E-state index is 11.9. The smallest absolute Gasteiger partial charge is 0.267 e. The highest BCUT2D eigenvalue weighted by Gasteiger charge is 2.03. The van der Waals surface area contributed by atoms with Crippen LogP contribution in [0.15, 0.2) is 47.6 Å². The first-order chi connectivity index (χ1) is 9.56. The average molecular weight is 266 g/mol. The number of hydrogen-bond acceptors (Lipinski definition) is 2. The van der Waals surface area contributed by atoms with Crippen molar-refractivity contribution in [2.24, 2.45) is 5.10 Å². The molecular weight excluding hydrogens is 248 g/mol. The maximum atomic E-state index is 11.9. The second kappa shape index (κ2) is 6.15. The SMILES string of the molecule is Cc1cccc(C(=O)NN=Cc2ccc(C)cc2C)c1. The van der Waals surface area contributed by atoms with E-state index in [9.17, 15) is 4.79 Å². The predicted octanol–water partition coefficient (Wildman–Crippen LogP) is 3.38. The first-order valence-electron chi connectivity index (χ1n) is 6.53. The van der Waals surface area contributed by atoms with Crippen LogP contribution in [0, 0.1) is 20.8 Å². The van der Waals surface area contributed by atoms with Crippen LogP contribution >= 0.6 is 0 Å². The van der Waals surface area contributed by atoms with Crippen LogP contribution < -0.4 is 5.43 Å². The Morgan fingerprint density at radius 2 is 1.80 bits per heavy atom. The minimum absolute atomic E-state index is 0.199. The summed E-state index contributed by atoms with van der Waals surface area (Å²) in [5.41, 5.74) is 7.56. The van der Waals surface area contributed by atoms with Gasteiger partial charge in [0.05, 0.1) is 6.21 Å². The molecule has 102 valence electrons. The van der Waals surface area contributed by atoms with Crippen molar-refractivity contribution in [2.75, 3.05) is 0 Å². The first-order valence-corrected chi connectivity index (χ1v) is 6.53. The van der Waals surface area contributed by atoms with Crippen LogP contribution in [-0.2, 0) is 0 Å². The van der Waals surface area contributed by atoms with Crippen molar-refractivity contribution in [3.05, 3.63) is 70.3 Å². The molecule has 2 aromatic carbocycles. The van der Waals surface area contributed by atoms with Gasteiger partial charge in [-0.15, -0.1) is 0 Å². The van der Waals surface area contributed by atoms with Crippen molar-refractivity contribution in [3.63, 3.8) is 0 Å². The summed E-state index contributed by atoms with van der Waals surface area (Å²) in [5.74, 6) is -0.199. The molecule has 0 aromatic heterocycles. The molecule has 0 radical (unpaired) electrons. The molecule has 0 saturated carbocycles. The van der Waals surface area contributed by atoms with Crippen LogP contribution in [0.2, 0.25) is 0 Å². The molecule has 3 nitrogen and oxygen atoms in total. The highest BCUT2D eigenvalue weighted by Crippen LogP contribution is 2.08. The average Bonchev–Trinajstić information content (AvgIpc) is 2.41. The fraction of sp³-hybridized carbons (Fsp3) is 0.176. The second-order valence-corrected chi connectivity index (χ2v) is 4.93. The number of carbonyl (C=O) groups excluding carboxylic acids is 1. The van der Waals surface area contributed by atoms with Gasteiger partial charge in [-0.3, -0.25) is 4.79 Å². The fourth-order valence-electron chi connectivity index (χ4n) is 1.98. The summed E-state index contributed by atoms with van der Waals surface area (Å²) in [6.45, 7) is 6.03. The molecule has 0 aliphatic heterocycles. The predicted molar refractivity (Wildman–Crippen MR) is 82.2 cm³/mol. The van der Waals surface area contributed by atoms with Crippen molar-refractivity contribution in [2.45, 2.75) is 20.8 Å². The minimum Gasteiger partial charge on any atom is -0.267 e. The minimum atomic E-state index is -0.199. The molecule has 3 heteroatoms. The third kappa shape index (κ3) is 3.54. The zero-order valence-corrected chi connectivity index (χ0v) is 12.0. The lowest BCUT2D eigenvalue weighted by Gasteiger charge is -2.02. The fourth-order valence-corrected chi connectivity index (χ4v) is 1.98. The summed E-state index contributed by atoms with van der Waals surface area (Å²) in [6.07, 6.45) is 1.67. The molecule has 0 fully saturated rings. The van der Waals surface area contributed by atoms with Crippen LogP contribution in [0.1, 0.15) is 32.6 Å². The van der Waals surface area contributed by atoms with E-state index in [1.807, 2.05) is 51.1 Å². The van der Waals surface area contributed by atoms with E-state index in [0.29, 0.717) is 5.56 Å². The van der Waals surface area contributed by atoms with Gasteiger partial charge in [0.25, 0.3) is 5.91 Å². The van der Waals surface area contributed by atoms with Gasteiger partial charge < -0.3 is 0 Å². The lowest BCUT2D eigenvalue weighted by Crippen LogP contribution is -2.17. The lowest BCUT2D eigenvalue weighted by atomic mass is 10.1. The van der Waals surface area contributed by atoms with Gasteiger partial charge in [0.2, 0.25) is 0 Å². The molecule has 0 spiro atoms. The van der Waals surface area contributed by atoms with Crippen LogP contribution in [0.25, 0.3) is 0 Å². The molecule has 0 bridgehead atoms. The van der Waals surface area contributed by atoms with E-state index in [1.54, 1.807) is 12.3 Å². The monoisotopic (exact) mass is 266 g/mol. The van der Waals surface area contributed by atoms with Crippen LogP contribution in [0.4, 0.5) is 0 Å². The number of nitrogens with zero attached hydrogens (tertiary/aromatic N) is 1. The Bertz CT molecular complexity index is 660. The number of aryl methyl sites for hydroxylation is 3. The summed E-state index contributed by atoms with van der Waals surface area (Å²) in [4.78, 5) is 11.9. The second-order valence-electron chi connectivity index (χ2n) is 4.93. The molecule has 1 amide bonds. The molecule has 0 atom stereocenters. The van der Waals surface area contributed by atoms with Crippen molar-refractivity contribution in [1.29, 1.82) is 0 Å². The van der Waals surface area contributed by atoms with Gasteiger partial charge in [-0.1, -0.05) is 41.5 Å². The van der Waals surface area contributed by atoms with Crippen molar-refractivity contribution in [3.8, 4) is 0 Å². The van der Waals surface area contributed by atoms with E-state index in [4.69, 9.17) is 0 Å². The van der Waals surface area contributed by atoms with Crippen LogP contribution in [0.3, 0.4) is 0 Å². The van der Waals surface area contributed by atoms with Gasteiger partial charge in [0, 0.05) is 5.56 Å². The molecule has 2 aromatic rings. The van der Waals surface area contributed by atoms with E-state index in [0.717, 1.165) is 16.7 Å². The molecular formula is C17H18N2O. The van der Waals surface area contributed by atoms with Crippen molar-refractivity contribution < 1.29 is 4.79 Å². The Kier molecular flexibility index (Phi) is 4.31. The van der Waals surface area contributed by atoms with E-state index < -0.39 is 0 Å². The topological polar surface area (TPSA) is 41.5 Å². The summed E-state index contributed by atoms with van der Waals surface area (Å²) in [7, 11) is 0. The quantitative estimate of drug-likeness (QED) is 0.671. The summed E-state index contributed by atoms with van der Waals surface area (Å²) < 4.78 is 0. The maximum Gasteiger partial charge on any atom is 0.271 e. The molecule has 20 heavy (non-hydrogen) atoms.